The van der Waals surface area contributed by atoms with Gasteiger partial charge in [0.15, 0.2) is 0 Å². The highest BCUT2D eigenvalue weighted by molar-refractivity contribution is 5.80. The van der Waals surface area contributed by atoms with Gasteiger partial charge in [-0.2, -0.15) is 0 Å². The maximum absolute atomic E-state index is 12.0. The predicted molar refractivity (Wildman–Crippen MR) is 70.5 cm³/mol. The topological polar surface area (TPSA) is 35.5 Å². The molecule has 3 fully saturated rings. The molecular formula is C16H22O3. The molecule has 3 heteroatoms. The van der Waals surface area contributed by atoms with E-state index in [9.17, 15) is 4.79 Å². The van der Waals surface area contributed by atoms with Crippen molar-refractivity contribution in [2.45, 2.75) is 56.7 Å². The van der Waals surface area contributed by atoms with Crippen LogP contribution >= 0.6 is 0 Å². The smallest absolute Gasteiger partial charge is 0.312 e. The Labute approximate surface area is 114 Å². The summed E-state index contributed by atoms with van der Waals surface area (Å²) in [5, 5.41) is 0. The molecule has 104 valence electrons. The summed E-state index contributed by atoms with van der Waals surface area (Å²) in [6.45, 7) is 2.84. The minimum atomic E-state index is -0.351. The van der Waals surface area contributed by atoms with Gasteiger partial charge in [-0.1, -0.05) is 12.2 Å². The number of allylic oxidation sites excluding steroid dienone is 1. The van der Waals surface area contributed by atoms with E-state index in [1.54, 1.807) is 0 Å². The molecule has 0 aromatic heterocycles. The SMILES string of the molecule is C[C@]12CC[C@@H]3C[C@H](C(=O)O1)[C@@]32OC[C@H]1C=CCCC1. The summed E-state index contributed by atoms with van der Waals surface area (Å²) in [6, 6.07) is 0. The second-order valence-electron chi connectivity index (χ2n) is 6.90. The van der Waals surface area contributed by atoms with Gasteiger partial charge < -0.3 is 9.47 Å². The van der Waals surface area contributed by atoms with Crippen LogP contribution in [-0.2, 0) is 14.3 Å². The Hall–Kier alpha value is -0.830. The van der Waals surface area contributed by atoms with Crippen molar-refractivity contribution in [2.75, 3.05) is 6.61 Å². The Bertz CT molecular complexity index is 443. The molecule has 0 amide bonds. The number of hydrogen-bond donors (Lipinski definition) is 0. The van der Waals surface area contributed by atoms with E-state index in [-0.39, 0.29) is 23.1 Å². The summed E-state index contributed by atoms with van der Waals surface area (Å²) in [7, 11) is 0. The van der Waals surface area contributed by atoms with Gasteiger partial charge in [0.25, 0.3) is 0 Å². The molecule has 4 rings (SSSR count). The lowest BCUT2D eigenvalue weighted by Crippen LogP contribution is -2.62. The number of carbonyl (C=O) groups excluding carboxylic acids is 1. The fraction of sp³-hybridized carbons (Fsp3) is 0.812. The number of rotatable bonds is 3. The highest BCUT2D eigenvalue weighted by Crippen LogP contribution is 2.66. The Morgan fingerprint density at radius 2 is 2.37 bits per heavy atom. The molecule has 0 unspecified atom stereocenters. The Morgan fingerprint density at radius 3 is 3.16 bits per heavy atom. The fourth-order valence-electron chi connectivity index (χ4n) is 4.87. The molecule has 0 aromatic rings. The van der Waals surface area contributed by atoms with Gasteiger partial charge in [-0.25, -0.2) is 0 Å². The van der Waals surface area contributed by atoms with E-state index in [0.29, 0.717) is 11.8 Å². The molecule has 0 spiro atoms. The number of ether oxygens (including phenoxy) is 2. The second kappa shape index (κ2) is 3.85. The van der Waals surface area contributed by atoms with Crippen molar-refractivity contribution in [1.29, 1.82) is 0 Å². The molecule has 3 aliphatic carbocycles. The van der Waals surface area contributed by atoms with E-state index in [1.807, 2.05) is 0 Å². The molecule has 5 atom stereocenters. The van der Waals surface area contributed by atoms with Crippen molar-refractivity contribution in [1.82, 2.24) is 0 Å². The van der Waals surface area contributed by atoms with Crippen LogP contribution in [0.5, 0.6) is 0 Å². The highest BCUT2D eigenvalue weighted by atomic mass is 16.6. The average molecular weight is 262 g/mol. The zero-order chi connectivity index (χ0) is 13.1. The van der Waals surface area contributed by atoms with Crippen molar-refractivity contribution in [3.05, 3.63) is 12.2 Å². The molecule has 1 heterocycles. The highest BCUT2D eigenvalue weighted by Gasteiger charge is 2.77. The van der Waals surface area contributed by atoms with Gasteiger partial charge >= 0.3 is 5.97 Å². The zero-order valence-corrected chi connectivity index (χ0v) is 11.6. The van der Waals surface area contributed by atoms with Crippen LogP contribution in [-0.4, -0.2) is 23.8 Å². The fourth-order valence-corrected chi connectivity index (χ4v) is 4.87. The number of esters is 1. The third-order valence-electron chi connectivity index (χ3n) is 5.94. The van der Waals surface area contributed by atoms with Crippen LogP contribution in [0.15, 0.2) is 12.2 Å². The van der Waals surface area contributed by atoms with Gasteiger partial charge in [0, 0.05) is 5.92 Å². The van der Waals surface area contributed by atoms with Crippen LogP contribution in [0.2, 0.25) is 0 Å². The monoisotopic (exact) mass is 262 g/mol. The van der Waals surface area contributed by atoms with Gasteiger partial charge in [-0.15, -0.1) is 0 Å². The maximum atomic E-state index is 12.0. The van der Waals surface area contributed by atoms with Crippen LogP contribution in [0, 0.1) is 17.8 Å². The first-order chi connectivity index (χ1) is 9.16. The summed E-state index contributed by atoms with van der Waals surface area (Å²) in [4.78, 5) is 12.0. The summed E-state index contributed by atoms with van der Waals surface area (Å²) in [5.41, 5.74) is -0.634. The van der Waals surface area contributed by atoms with E-state index < -0.39 is 0 Å². The molecule has 19 heavy (non-hydrogen) atoms. The van der Waals surface area contributed by atoms with E-state index in [2.05, 4.69) is 19.1 Å². The lowest BCUT2D eigenvalue weighted by molar-refractivity contribution is -0.203. The van der Waals surface area contributed by atoms with Crippen LogP contribution in [0.25, 0.3) is 0 Å². The summed E-state index contributed by atoms with van der Waals surface area (Å²) in [6.07, 6.45) is 11.3. The Morgan fingerprint density at radius 1 is 1.47 bits per heavy atom. The van der Waals surface area contributed by atoms with Crippen LogP contribution in [0.4, 0.5) is 0 Å². The summed E-state index contributed by atoms with van der Waals surface area (Å²) in [5.74, 6) is 1.07. The number of carbonyl (C=O) groups is 1. The van der Waals surface area contributed by atoms with Crippen molar-refractivity contribution in [3.63, 3.8) is 0 Å². The van der Waals surface area contributed by atoms with Crippen molar-refractivity contribution >= 4 is 5.97 Å². The lowest BCUT2D eigenvalue weighted by Gasteiger charge is -2.50. The quantitative estimate of drug-likeness (QED) is 0.579. The van der Waals surface area contributed by atoms with Crippen molar-refractivity contribution in [2.24, 2.45) is 17.8 Å². The van der Waals surface area contributed by atoms with Crippen molar-refractivity contribution < 1.29 is 14.3 Å². The summed E-state index contributed by atoms with van der Waals surface area (Å²) < 4.78 is 12.1. The molecule has 0 bridgehead atoms. The molecule has 1 aliphatic heterocycles. The van der Waals surface area contributed by atoms with Crippen molar-refractivity contribution in [3.8, 4) is 0 Å². The largest absolute Gasteiger partial charge is 0.456 e. The van der Waals surface area contributed by atoms with E-state index in [1.165, 1.54) is 19.3 Å². The van der Waals surface area contributed by atoms with E-state index >= 15 is 0 Å². The van der Waals surface area contributed by atoms with Gasteiger partial charge in [-0.3, -0.25) is 4.79 Å². The first kappa shape index (κ1) is 12.0. The standard InChI is InChI=1S/C16H22O3/c1-15-8-7-12-9-13(14(17)19-15)16(12,15)18-10-11-5-3-2-4-6-11/h3,5,11-13H,2,4,6-10H2,1H3/t11-,12+,13+,15+,16-/m0/s1. The molecule has 3 nitrogen and oxygen atoms in total. The van der Waals surface area contributed by atoms with Gasteiger partial charge in [0.05, 0.1) is 12.5 Å². The number of hydrogen-bond acceptors (Lipinski definition) is 3. The summed E-state index contributed by atoms with van der Waals surface area (Å²) >= 11 is 0. The third-order valence-corrected chi connectivity index (χ3v) is 5.94. The zero-order valence-electron chi connectivity index (χ0n) is 11.6. The van der Waals surface area contributed by atoms with Gasteiger partial charge in [0.1, 0.15) is 11.2 Å². The maximum Gasteiger partial charge on any atom is 0.312 e. The first-order valence-corrected chi connectivity index (χ1v) is 7.69. The molecular weight excluding hydrogens is 240 g/mol. The van der Waals surface area contributed by atoms with E-state index in [0.717, 1.165) is 25.9 Å². The minimum Gasteiger partial charge on any atom is -0.456 e. The second-order valence-corrected chi connectivity index (χ2v) is 6.90. The van der Waals surface area contributed by atoms with E-state index in [4.69, 9.17) is 9.47 Å². The molecule has 2 saturated carbocycles. The van der Waals surface area contributed by atoms with Crippen LogP contribution < -0.4 is 0 Å². The Balaban J connectivity index is 1.54. The first-order valence-electron chi connectivity index (χ1n) is 7.69. The molecule has 4 aliphatic rings. The normalized spacial score (nSPS) is 50.8. The van der Waals surface area contributed by atoms with Gasteiger partial charge in [0.2, 0.25) is 0 Å². The molecule has 0 radical (unpaired) electrons. The van der Waals surface area contributed by atoms with Crippen LogP contribution in [0.3, 0.4) is 0 Å². The minimum absolute atomic E-state index is 0.0116. The third kappa shape index (κ3) is 1.40. The lowest BCUT2D eigenvalue weighted by atomic mass is 9.60. The van der Waals surface area contributed by atoms with Gasteiger partial charge in [-0.05, 0) is 51.4 Å². The molecule has 0 aromatic carbocycles. The predicted octanol–water partition coefficient (Wildman–Crippen LogP) is 2.84. The molecule has 0 N–H and O–H groups in total. The average Bonchev–Trinajstić information content (AvgIpc) is 2.65. The molecule has 1 saturated heterocycles. The Kier molecular flexibility index (Phi) is 2.42. The van der Waals surface area contributed by atoms with Crippen LogP contribution in [0.1, 0.15) is 45.4 Å².